The molecule has 0 unspecified atom stereocenters. The van der Waals surface area contributed by atoms with E-state index in [1.54, 1.807) is 0 Å². The number of oxime groups is 1. The van der Waals surface area contributed by atoms with E-state index in [-0.39, 0.29) is 24.3 Å². The van der Waals surface area contributed by atoms with Crippen LogP contribution in [-0.4, -0.2) is 14.3 Å². The Kier molecular flexibility index (Phi) is 6.37. The molecule has 0 fully saturated rings. The molecule has 0 aliphatic heterocycles. The fourth-order valence-electron chi connectivity index (χ4n) is 1.98. The number of nitrogens with zero attached hydrogens (tertiary/aromatic N) is 1. The summed E-state index contributed by atoms with van der Waals surface area (Å²) in [6.07, 6.45) is -10.4. The largest absolute Gasteiger partial charge is 0.416 e. The van der Waals surface area contributed by atoms with Gasteiger partial charge in [-0.05, 0) is 45.4 Å². The van der Waals surface area contributed by atoms with Crippen LogP contribution in [0.4, 0.5) is 35.1 Å². The minimum absolute atomic E-state index is 0.171. The Bertz CT molecular complexity index is 1080. The predicted molar refractivity (Wildman–Crippen MR) is 89.5 cm³/mol. The third-order valence-electron chi connectivity index (χ3n) is 3.36. The summed E-state index contributed by atoms with van der Waals surface area (Å²) in [6.45, 7) is 0. The van der Waals surface area contributed by atoms with Crippen molar-refractivity contribution in [2.45, 2.75) is 17.2 Å². The smallest absolute Gasteiger partial charge is 0.380 e. The van der Waals surface area contributed by atoms with E-state index in [1.165, 1.54) is 0 Å². The Morgan fingerprint density at radius 2 is 1.40 bits per heavy atom. The van der Waals surface area contributed by atoms with Crippen molar-refractivity contribution in [2.75, 3.05) is 0 Å². The molecule has 0 aliphatic rings. The fraction of sp³-hybridized carbons (Fsp3) is 0.133. The fourth-order valence-corrected chi connectivity index (χ4v) is 3.10. The number of hydrogen-bond acceptors (Lipinski definition) is 4. The minimum Gasteiger partial charge on any atom is -0.380 e. The minimum atomic E-state index is -5.19. The topological polar surface area (TPSA) is 81.8 Å². The quantitative estimate of drug-likeness (QED) is 0.204. The highest BCUT2D eigenvalue weighted by molar-refractivity contribution is 9.10. The Morgan fingerprint density at radius 3 is 1.87 bits per heavy atom. The van der Waals surface area contributed by atoms with Gasteiger partial charge in [-0.1, -0.05) is 0 Å². The second-order valence-electron chi connectivity index (χ2n) is 5.50. The van der Waals surface area contributed by atoms with Crippen molar-refractivity contribution < 1.29 is 47.8 Å². The van der Waals surface area contributed by atoms with Crippen molar-refractivity contribution in [3.63, 3.8) is 0 Å². The SMILES string of the molecule is NC(=NOS(=O)(=O)c1cc(F)c(Br)cc1F)c1cc(C(F)(F)F)cc(C(F)(F)F)c1. The van der Waals surface area contributed by atoms with Crippen LogP contribution in [0.15, 0.2) is 44.9 Å². The lowest BCUT2D eigenvalue weighted by Gasteiger charge is -2.13. The van der Waals surface area contributed by atoms with Crippen LogP contribution >= 0.6 is 15.9 Å². The molecule has 0 amide bonds. The highest BCUT2D eigenvalue weighted by atomic mass is 79.9. The first-order valence-corrected chi connectivity index (χ1v) is 9.44. The number of benzene rings is 2. The average molecular weight is 527 g/mol. The van der Waals surface area contributed by atoms with Crippen LogP contribution in [-0.2, 0) is 26.8 Å². The molecule has 2 rings (SSSR count). The molecule has 164 valence electrons. The molecule has 0 atom stereocenters. The van der Waals surface area contributed by atoms with E-state index in [9.17, 15) is 43.5 Å². The highest BCUT2D eigenvalue weighted by Crippen LogP contribution is 2.36. The van der Waals surface area contributed by atoms with Gasteiger partial charge in [0.15, 0.2) is 5.84 Å². The van der Waals surface area contributed by atoms with E-state index < -0.39 is 66.0 Å². The molecule has 5 nitrogen and oxygen atoms in total. The Balaban J connectivity index is 2.48. The summed E-state index contributed by atoms with van der Waals surface area (Å²) < 4.78 is 132. The van der Waals surface area contributed by atoms with Crippen LogP contribution in [0.25, 0.3) is 0 Å². The number of amidine groups is 1. The van der Waals surface area contributed by atoms with Gasteiger partial charge in [-0.25, -0.2) is 8.78 Å². The molecule has 2 aromatic rings. The molecule has 2 aromatic carbocycles. The van der Waals surface area contributed by atoms with Gasteiger partial charge in [0.1, 0.15) is 16.5 Å². The second-order valence-corrected chi connectivity index (χ2v) is 7.85. The van der Waals surface area contributed by atoms with Crippen molar-refractivity contribution in [3.8, 4) is 0 Å². The van der Waals surface area contributed by atoms with Crippen molar-refractivity contribution in [2.24, 2.45) is 10.9 Å². The van der Waals surface area contributed by atoms with Crippen LogP contribution in [0.3, 0.4) is 0 Å². The van der Waals surface area contributed by atoms with E-state index in [0.29, 0.717) is 6.07 Å². The zero-order valence-corrected chi connectivity index (χ0v) is 16.3. The Morgan fingerprint density at radius 1 is 0.900 bits per heavy atom. The highest BCUT2D eigenvalue weighted by Gasteiger charge is 2.37. The monoisotopic (exact) mass is 526 g/mol. The summed E-state index contributed by atoms with van der Waals surface area (Å²) in [6, 6.07) is 0.815. The van der Waals surface area contributed by atoms with Crippen molar-refractivity contribution in [3.05, 3.63) is 63.1 Å². The molecule has 0 aromatic heterocycles. The molecule has 2 N–H and O–H groups in total. The van der Waals surface area contributed by atoms with Gasteiger partial charge in [0.25, 0.3) is 0 Å². The van der Waals surface area contributed by atoms with Crippen LogP contribution in [0.2, 0.25) is 0 Å². The Labute approximate surface area is 171 Å². The Hall–Kier alpha value is -2.42. The van der Waals surface area contributed by atoms with Crippen LogP contribution in [0.5, 0.6) is 0 Å². The number of alkyl halides is 6. The maximum atomic E-state index is 13.8. The summed E-state index contributed by atoms with van der Waals surface area (Å²) in [5, 5.41) is 2.75. The number of rotatable bonds is 4. The molecule has 0 aliphatic carbocycles. The zero-order chi connectivity index (χ0) is 23.1. The summed E-state index contributed by atoms with van der Waals surface area (Å²) >= 11 is 2.60. The number of nitrogens with two attached hydrogens (primary N) is 1. The van der Waals surface area contributed by atoms with Crippen LogP contribution in [0, 0.1) is 11.6 Å². The van der Waals surface area contributed by atoms with Gasteiger partial charge in [0.2, 0.25) is 0 Å². The summed E-state index contributed by atoms with van der Waals surface area (Å²) in [5.41, 5.74) is 0.788. The lowest BCUT2D eigenvalue weighted by molar-refractivity contribution is -0.143. The third-order valence-corrected chi connectivity index (χ3v) is 5.09. The van der Waals surface area contributed by atoms with E-state index in [1.807, 2.05) is 0 Å². The maximum absolute atomic E-state index is 13.8. The first kappa shape index (κ1) is 23.9. The molecule has 0 spiro atoms. The molecule has 30 heavy (non-hydrogen) atoms. The molecule has 0 saturated carbocycles. The van der Waals surface area contributed by atoms with Crippen molar-refractivity contribution >= 4 is 31.9 Å². The van der Waals surface area contributed by atoms with Gasteiger partial charge in [-0.15, -0.1) is 0 Å². The summed E-state index contributed by atoms with van der Waals surface area (Å²) in [7, 11) is -5.16. The molecular formula is C15H7BrF8N2O3S. The van der Waals surface area contributed by atoms with E-state index in [4.69, 9.17) is 5.73 Å². The standard InChI is InChI=1S/C15H7BrF8N2O3S/c16-9-4-11(18)12(5-10(9)17)30(27,28)29-26-13(25)6-1-7(14(19,20)21)3-8(2-6)15(22,23)24/h1-5H,(H2,25,26). The molecule has 0 heterocycles. The lowest BCUT2D eigenvalue weighted by Crippen LogP contribution is -2.19. The van der Waals surface area contributed by atoms with E-state index in [0.717, 1.165) is 0 Å². The van der Waals surface area contributed by atoms with Crippen LogP contribution < -0.4 is 5.73 Å². The van der Waals surface area contributed by atoms with Gasteiger partial charge in [0.05, 0.1) is 15.6 Å². The summed E-state index contributed by atoms with van der Waals surface area (Å²) in [5.74, 6) is -3.88. The van der Waals surface area contributed by atoms with E-state index >= 15 is 0 Å². The van der Waals surface area contributed by atoms with Crippen molar-refractivity contribution in [1.82, 2.24) is 0 Å². The first-order chi connectivity index (χ1) is 13.5. The van der Waals surface area contributed by atoms with Gasteiger partial charge in [0, 0.05) is 11.6 Å². The predicted octanol–water partition coefficient (Wildman–Crippen LogP) is 4.79. The summed E-state index contributed by atoms with van der Waals surface area (Å²) in [4.78, 5) is -1.33. The average Bonchev–Trinajstić information content (AvgIpc) is 2.60. The third kappa shape index (κ3) is 5.38. The van der Waals surface area contributed by atoms with Crippen molar-refractivity contribution in [1.29, 1.82) is 0 Å². The van der Waals surface area contributed by atoms with Gasteiger partial charge >= 0.3 is 22.5 Å². The number of halogens is 9. The van der Waals surface area contributed by atoms with Gasteiger partial charge in [-0.3, -0.25) is 4.28 Å². The zero-order valence-electron chi connectivity index (χ0n) is 13.9. The molecular weight excluding hydrogens is 520 g/mol. The molecule has 0 bridgehead atoms. The maximum Gasteiger partial charge on any atom is 0.416 e. The molecule has 15 heteroatoms. The number of hydrogen-bond donors (Lipinski definition) is 1. The normalized spacial score (nSPS) is 13.4. The molecule has 0 radical (unpaired) electrons. The lowest BCUT2D eigenvalue weighted by atomic mass is 10.0. The van der Waals surface area contributed by atoms with Gasteiger partial charge in [-0.2, -0.15) is 34.8 Å². The van der Waals surface area contributed by atoms with Gasteiger partial charge < -0.3 is 5.73 Å². The van der Waals surface area contributed by atoms with Crippen LogP contribution in [0.1, 0.15) is 16.7 Å². The first-order valence-electron chi connectivity index (χ1n) is 7.24. The van der Waals surface area contributed by atoms with E-state index in [2.05, 4.69) is 25.4 Å². The second kappa shape index (κ2) is 8.02. The molecule has 0 saturated heterocycles.